The highest BCUT2D eigenvalue weighted by Gasteiger charge is 2.25. The second-order valence-electron chi connectivity index (χ2n) is 6.63. The van der Waals surface area contributed by atoms with Crippen molar-refractivity contribution in [1.29, 1.82) is 0 Å². The summed E-state index contributed by atoms with van der Waals surface area (Å²) in [4.78, 5) is 12.1. The molecule has 1 aliphatic carbocycles. The van der Waals surface area contributed by atoms with Crippen LogP contribution in [0.5, 0.6) is 11.5 Å². The van der Waals surface area contributed by atoms with Crippen molar-refractivity contribution in [3.63, 3.8) is 0 Å². The Morgan fingerprint density at radius 1 is 1.20 bits per heavy atom. The molecule has 1 saturated carbocycles. The van der Waals surface area contributed by atoms with Crippen LogP contribution in [0.3, 0.4) is 0 Å². The SMILES string of the molecule is C[C@H]1CCCC[C@@H]1NS(=O)(=O)CCNC(=O)c1ccc2c(c1)OCO2. The van der Waals surface area contributed by atoms with Crippen molar-refractivity contribution in [3.05, 3.63) is 23.8 Å². The number of carbonyl (C=O) groups is 1. The highest BCUT2D eigenvalue weighted by atomic mass is 32.2. The Bertz CT molecular complexity index is 735. The van der Waals surface area contributed by atoms with Crippen LogP contribution in [-0.2, 0) is 10.0 Å². The summed E-state index contributed by atoms with van der Waals surface area (Å²) in [5.74, 6) is 1.01. The molecule has 1 heterocycles. The van der Waals surface area contributed by atoms with E-state index in [9.17, 15) is 13.2 Å². The van der Waals surface area contributed by atoms with Crippen molar-refractivity contribution in [2.75, 3.05) is 19.1 Å². The quantitative estimate of drug-likeness (QED) is 0.796. The van der Waals surface area contributed by atoms with E-state index >= 15 is 0 Å². The highest BCUT2D eigenvalue weighted by molar-refractivity contribution is 7.89. The molecule has 2 atom stereocenters. The molecule has 1 aromatic carbocycles. The molecule has 0 saturated heterocycles. The second kappa shape index (κ2) is 7.61. The molecule has 1 fully saturated rings. The molecule has 7 nitrogen and oxygen atoms in total. The van der Waals surface area contributed by atoms with E-state index in [4.69, 9.17) is 9.47 Å². The van der Waals surface area contributed by atoms with Gasteiger partial charge in [-0.05, 0) is 37.0 Å². The number of amides is 1. The number of benzene rings is 1. The Balaban J connectivity index is 1.49. The molecule has 138 valence electrons. The maximum absolute atomic E-state index is 12.2. The third-order valence-corrected chi connectivity index (χ3v) is 6.14. The van der Waals surface area contributed by atoms with E-state index in [0.29, 0.717) is 23.0 Å². The van der Waals surface area contributed by atoms with Crippen LogP contribution in [0, 0.1) is 5.92 Å². The van der Waals surface area contributed by atoms with Crippen molar-refractivity contribution in [1.82, 2.24) is 10.0 Å². The maximum Gasteiger partial charge on any atom is 0.251 e. The Labute approximate surface area is 148 Å². The minimum Gasteiger partial charge on any atom is -0.454 e. The van der Waals surface area contributed by atoms with Gasteiger partial charge in [0.05, 0.1) is 5.75 Å². The fourth-order valence-electron chi connectivity index (χ4n) is 3.22. The molecule has 2 N–H and O–H groups in total. The number of hydrogen-bond donors (Lipinski definition) is 2. The first-order chi connectivity index (χ1) is 11.9. The topological polar surface area (TPSA) is 93.7 Å². The molecule has 3 rings (SSSR count). The normalized spacial score (nSPS) is 22.6. The summed E-state index contributed by atoms with van der Waals surface area (Å²) in [7, 11) is -3.41. The van der Waals surface area contributed by atoms with Crippen molar-refractivity contribution in [2.24, 2.45) is 5.92 Å². The molecule has 1 amide bonds. The standard InChI is InChI=1S/C17H24N2O5S/c1-12-4-2-3-5-14(12)19-25(21,22)9-8-18-17(20)13-6-7-15-16(10-13)24-11-23-15/h6-7,10,12,14,19H,2-5,8-9,11H2,1H3,(H,18,20)/t12-,14-/m0/s1. The predicted molar refractivity (Wildman–Crippen MR) is 93.2 cm³/mol. The summed E-state index contributed by atoms with van der Waals surface area (Å²) >= 11 is 0. The fourth-order valence-corrected chi connectivity index (χ4v) is 4.52. The van der Waals surface area contributed by atoms with E-state index in [2.05, 4.69) is 17.0 Å². The number of ether oxygens (including phenoxy) is 2. The monoisotopic (exact) mass is 368 g/mol. The zero-order valence-electron chi connectivity index (χ0n) is 14.3. The van der Waals surface area contributed by atoms with E-state index < -0.39 is 10.0 Å². The maximum atomic E-state index is 12.2. The number of fused-ring (bicyclic) bond motifs is 1. The number of nitrogens with one attached hydrogen (secondary N) is 2. The summed E-state index contributed by atoms with van der Waals surface area (Å²) < 4.78 is 37.6. The average Bonchev–Trinajstić information content (AvgIpc) is 3.04. The molecule has 0 aromatic heterocycles. The van der Waals surface area contributed by atoms with Crippen LogP contribution >= 0.6 is 0 Å². The fraction of sp³-hybridized carbons (Fsp3) is 0.588. The Morgan fingerprint density at radius 2 is 1.96 bits per heavy atom. The molecule has 1 aliphatic heterocycles. The van der Waals surface area contributed by atoms with Gasteiger partial charge < -0.3 is 14.8 Å². The third-order valence-electron chi connectivity index (χ3n) is 4.73. The number of sulfonamides is 1. The molecule has 2 aliphatic rings. The molecule has 0 unspecified atom stereocenters. The highest BCUT2D eigenvalue weighted by Crippen LogP contribution is 2.32. The summed E-state index contributed by atoms with van der Waals surface area (Å²) in [6, 6.07) is 4.89. The van der Waals surface area contributed by atoms with E-state index in [1.807, 2.05) is 0 Å². The minimum atomic E-state index is -3.41. The van der Waals surface area contributed by atoms with Crippen LogP contribution in [0.15, 0.2) is 18.2 Å². The van der Waals surface area contributed by atoms with Crippen molar-refractivity contribution < 1.29 is 22.7 Å². The van der Waals surface area contributed by atoms with Gasteiger partial charge in [-0.15, -0.1) is 0 Å². The lowest BCUT2D eigenvalue weighted by molar-refractivity contribution is 0.0955. The molecule has 8 heteroatoms. The average molecular weight is 368 g/mol. The van der Waals surface area contributed by atoms with Crippen molar-refractivity contribution >= 4 is 15.9 Å². The summed E-state index contributed by atoms with van der Waals surface area (Å²) in [5.41, 5.74) is 0.413. The van der Waals surface area contributed by atoms with Crippen LogP contribution in [-0.4, -0.2) is 39.5 Å². The lowest BCUT2D eigenvalue weighted by Crippen LogP contribution is -2.43. The largest absolute Gasteiger partial charge is 0.454 e. The van der Waals surface area contributed by atoms with Gasteiger partial charge in [-0.25, -0.2) is 13.1 Å². The Kier molecular flexibility index (Phi) is 5.48. The van der Waals surface area contributed by atoms with Gasteiger partial charge in [0.1, 0.15) is 0 Å². The van der Waals surface area contributed by atoms with Crippen LogP contribution in [0.4, 0.5) is 0 Å². The lowest BCUT2D eigenvalue weighted by Gasteiger charge is -2.29. The van der Waals surface area contributed by atoms with Gasteiger partial charge >= 0.3 is 0 Å². The van der Waals surface area contributed by atoms with Gasteiger partial charge in [-0.2, -0.15) is 0 Å². The molecule has 0 bridgehead atoms. The molecule has 0 radical (unpaired) electrons. The molecule has 1 aromatic rings. The van der Waals surface area contributed by atoms with E-state index in [1.54, 1.807) is 18.2 Å². The summed E-state index contributed by atoms with van der Waals surface area (Å²) in [6.45, 7) is 2.28. The second-order valence-corrected chi connectivity index (χ2v) is 8.50. The van der Waals surface area contributed by atoms with Gasteiger partial charge in [0.15, 0.2) is 11.5 Å². The Hall–Kier alpha value is -1.80. The molecule has 25 heavy (non-hydrogen) atoms. The number of carbonyl (C=O) groups excluding carboxylic acids is 1. The van der Waals surface area contributed by atoms with E-state index in [-0.39, 0.29) is 31.0 Å². The zero-order chi connectivity index (χ0) is 17.9. The van der Waals surface area contributed by atoms with Gasteiger partial charge in [0, 0.05) is 18.2 Å². The van der Waals surface area contributed by atoms with Gasteiger partial charge in [-0.1, -0.05) is 19.8 Å². The van der Waals surface area contributed by atoms with Crippen molar-refractivity contribution in [2.45, 2.75) is 38.6 Å². The first-order valence-corrected chi connectivity index (χ1v) is 10.3. The van der Waals surface area contributed by atoms with Gasteiger partial charge in [-0.3, -0.25) is 4.79 Å². The van der Waals surface area contributed by atoms with Crippen LogP contribution in [0.25, 0.3) is 0 Å². The van der Waals surface area contributed by atoms with Crippen LogP contribution < -0.4 is 19.5 Å². The van der Waals surface area contributed by atoms with Gasteiger partial charge in [0.2, 0.25) is 16.8 Å². The summed E-state index contributed by atoms with van der Waals surface area (Å²) in [5, 5.41) is 2.64. The van der Waals surface area contributed by atoms with E-state index in [1.165, 1.54) is 0 Å². The van der Waals surface area contributed by atoms with Crippen LogP contribution in [0.1, 0.15) is 43.0 Å². The van der Waals surface area contributed by atoms with Crippen LogP contribution in [0.2, 0.25) is 0 Å². The number of hydrogen-bond acceptors (Lipinski definition) is 5. The Morgan fingerprint density at radius 3 is 2.76 bits per heavy atom. The minimum absolute atomic E-state index is 0.00307. The third kappa shape index (κ3) is 4.64. The summed E-state index contributed by atoms with van der Waals surface area (Å²) in [6.07, 6.45) is 4.14. The predicted octanol–water partition coefficient (Wildman–Crippen LogP) is 1.64. The first-order valence-electron chi connectivity index (χ1n) is 8.62. The lowest BCUT2D eigenvalue weighted by atomic mass is 9.87. The number of rotatable bonds is 6. The van der Waals surface area contributed by atoms with Gasteiger partial charge in [0.25, 0.3) is 5.91 Å². The molecular formula is C17H24N2O5S. The first kappa shape index (κ1) is 18.0. The van der Waals surface area contributed by atoms with Crippen molar-refractivity contribution in [3.8, 4) is 11.5 Å². The smallest absolute Gasteiger partial charge is 0.251 e. The molecular weight excluding hydrogens is 344 g/mol. The molecule has 0 spiro atoms. The zero-order valence-corrected chi connectivity index (χ0v) is 15.1. The van der Waals surface area contributed by atoms with E-state index in [0.717, 1.165) is 25.7 Å².